The number of nitrogens with zero attached hydrogens (tertiary/aromatic N) is 2. The monoisotopic (exact) mass is 423 g/mol. The van der Waals surface area contributed by atoms with E-state index >= 15 is 0 Å². The summed E-state index contributed by atoms with van der Waals surface area (Å²) < 4.78 is 5.21. The number of fused-ring (bicyclic) bond motifs is 2. The largest absolute Gasteiger partial charge is 0.497 e. The fraction of sp³-hybridized carbons (Fsp3) is 0.348. The Morgan fingerprint density at radius 1 is 1.19 bits per heavy atom. The van der Waals surface area contributed by atoms with Crippen LogP contribution in [0, 0.1) is 0 Å². The molecule has 0 bridgehead atoms. The molecule has 0 radical (unpaired) electrons. The van der Waals surface area contributed by atoms with Gasteiger partial charge >= 0.3 is 0 Å². The lowest BCUT2D eigenvalue weighted by molar-refractivity contribution is -0.125. The Morgan fingerprint density at radius 2 is 2.00 bits per heavy atom. The molecule has 4 rings (SSSR count). The minimum absolute atomic E-state index is 0.115. The fourth-order valence-electron chi connectivity index (χ4n) is 4.15. The Hall–Kier alpha value is -3.39. The molecular weight excluding hydrogens is 398 g/mol. The molecule has 2 aliphatic rings. The zero-order chi connectivity index (χ0) is 22.0. The van der Waals surface area contributed by atoms with Crippen LogP contribution in [0.5, 0.6) is 5.75 Å². The number of hydrogen-bond donors (Lipinski definition) is 2. The maximum Gasteiger partial charge on any atom is 0.256 e. The highest BCUT2D eigenvalue weighted by atomic mass is 16.5. The summed E-state index contributed by atoms with van der Waals surface area (Å²) in [5.41, 5.74) is 1.80. The summed E-state index contributed by atoms with van der Waals surface area (Å²) in [6.07, 6.45) is 0.0443. The Balaban J connectivity index is 1.47. The van der Waals surface area contributed by atoms with Crippen molar-refractivity contribution in [3.63, 3.8) is 0 Å². The topological polar surface area (TPSA) is 99.2 Å². The Bertz CT molecular complexity index is 1010. The van der Waals surface area contributed by atoms with Crippen molar-refractivity contribution in [1.29, 1.82) is 0 Å². The molecule has 2 aliphatic heterocycles. The Morgan fingerprint density at radius 3 is 2.81 bits per heavy atom. The third-order valence-corrected chi connectivity index (χ3v) is 5.69. The molecule has 0 aliphatic carbocycles. The average Bonchev–Trinajstić information content (AvgIpc) is 3.15. The number of methoxy groups -OCH3 is 1. The predicted octanol–water partition coefficient (Wildman–Crippen LogP) is 0.976. The maximum atomic E-state index is 13.2. The second kappa shape index (κ2) is 8.77. The molecule has 8 heteroatoms. The quantitative estimate of drug-likeness (QED) is 0.722. The zero-order valence-corrected chi connectivity index (χ0v) is 17.3. The summed E-state index contributed by atoms with van der Waals surface area (Å²) in [5.74, 6) is -0.210. The molecule has 2 heterocycles. The van der Waals surface area contributed by atoms with Crippen LogP contribution in [0.1, 0.15) is 22.3 Å². The molecule has 1 saturated heterocycles. The van der Waals surface area contributed by atoms with Crippen LogP contribution in [-0.4, -0.2) is 66.6 Å². The van der Waals surface area contributed by atoms with Crippen molar-refractivity contribution in [2.45, 2.75) is 25.0 Å². The lowest BCUT2D eigenvalue weighted by Crippen LogP contribution is -2.48. The summed E-state index contributed by atoms with van der Waals surface area (Å²) >= 11 is 0. The number of amides is 3. The summed E-state index contributed by atoms with van der Waals surface area (Å²) in [4.78, 5) is 41.6. The number of carbonyl (C=O) groups is 3. The van der Waals surface area contributed by atoms with Crippen LogP contribution in [0.15, 0.2) is 48.5 Å². The molecule has 0 saturated carbocycles. The van der Waals surface area contributed by atoms with Crippen molar-refractivity contribution < 1.29 is 24.2 Å². The summed E-state index contributed by atoms with van der Waals surface area (Å²) in [5, 5.41) is 12.9. The minimum Gasteiger partial charge on any atom is -0.497 e. The molecular formula is C23H25N3O5. The highest BCUT2D eigenvalue weighted by molar-refractivity contribution is 6.12. The standard InChI is InChI=1S/C23H25N3O5/c1-31-17-6-4-5-15(11-17)9-10-24-21(28)14-26-19-8-3-2-7-18(19)22(29)25-13-16(27)12-20(25)23(26)30/h2-8,11,16,20,27H,9-10,12-14H2,1H3,(H,24,28)/t16-,20+/m0/s1. The van der Waals surface area contributed by atoms with Gasteiger partial charge in [0.2, 0.25) is 11.8 Å². The third-order valence-electron chi connectivity index (χ3n) is 5.69. The van der Waals surface area contributed by atoms with Crippen LogP contribution in [0.4, 0.5) is 5.69 Å². The van der Waals surface area contributed by atoms with E-state index in [1.165, 1.54) is 9.80 Å². The number of para-hydroxylation sites is 1. The molecule has 1 fully saturated rings. The van der Waals surface area contributed by atoms with Gasteiger partial charge in [-0.05, 0) is 36.2 Å². The van der Waals surface area contributed by atoms with E-state index in [1.807, 2.05) is 24.3 Å². The van der Waals surface area contributed by atoms with E-state index < -0.39 is 12.1 Å². The van der Waals surface area contributed by atoms with E-state index in [2.05, 4.69) is 5.32 Å². The Kier molecular flexibility index (Phi) is 5.90. The molecule has 162 valence electrons. The number of rotatable bonds is 6. The van der Waals surface area contributed by atoms with Gasteiger partial charge < -0.3 is 25.0 Å². The van der Waals surface area contributed by atoms with Gasteiger partial charge in [0.05, 0.1) is 24.5 Å². The molecule has 2 N–H and O–H groups in total. The number of benzene rings is 2. The number of ether oxygens (including phenoxy) is 1. The van der Waals surface area contributed by atoms with Crippen LogP contribution < -0.4 is 15.0 Å². The second-order valence-electron chi connectivity index (χ2n) is 7.76. The van der Waals surface area contributed by atoms with Gasteiger partial charge in [0.25, 0.3) is 5.91 Å². The highest BCUT2D eigenvalue weighted by Crippen LogP contribution is 2.32. The van der Waals surface area contributed by atoms with Gasteiger partial charge in [-0.2, -0.15) is 0 Å². The first-order valence-corrected chi connectivity index (χ1v) is 10.3. The van der Waals surface area contributed by atoms with Crippen LogP contribution >= 0.6 is 0 Å². The van der Waals surface area contributed by atoms with Crippen molar-refractivity contribution in [3.05, 3.63) is 59.7 Å². The fourth-order valence-corrected chi connectivity index (χ4v) is 4.15. The van der Waals surface area contributed by atoms with Gasteiger partial charge in [0.15, 0.2) is 0 Å². The smallest absolute Gasteiger partial charge is 0.256 e. The number of aliphatic hydroxyl groups is 1. The predicted molar refractivity (Wildman–Crippen MR) is 114 cm³/mol. The molecule has 2 aromatic carbocycles. The van der Waals surface area contributed by atoms with E-state index in [9.17, 15) is 19.5 Å². The van der Waals surface area contributed by atoms with Gasteiger partial charge in [0.1, 0.15) is 18.3 Å². The van der Waals surface area contributed by atoms with Gasteiger partial charge in [-0.15, -0.1) is 0 Å². The van der Waals surface area contributed by atoms with Crippen LogP contribution in [0.25, 0.3) is 0 Å². The molecule has 0 unspecified atom stereocenters. The first-order valence-electron chi connectivity index (χ1n) is 10.3. The van der Waals surface area contributed by atoms with E-state index in [1.54, 1.807) is 31.4 Å². The lowest BCUT2D eigenvalue weighted by atomic mass is 10.1. The lowest BCUT2D eigenvalue weighted by Gasteiger charge is -2.25. The molecule has 0 aromatic heterocycles. The van der Waals surface area contributed by atoms with Crippen molar-refractivity contribution in [2.75, 3.05) is 31.6 Å². The van der Waals surface area contributed by atoms with Crippen LogP contribution in [0.2, 0.25) is 0 Å². The maximum absolute atomic E-state index is 13.2. The van der Waals surface area contributed by atoms with Gasteiger partial charge in [-0.25, -0.2) is 0 Å². The number of carbonyl (C=O) groups excluding carboxylic acids is 3. The average molecular weight is 423 g/mol. The van der Waals surface area contributed by atoms with Crippen molar-refractivity contribution >= 4 is 23.4 Å². The molecule has 2 atom stereocenters. The molecule has 31 heavy (non-hydrogen) atoms. The van der Waals surface area contributed by atoms with Crippen molar-refractivity contribution in [3.8, 4) is 5.75 Å². The molecule has 3 amide bonds. The number of hydrogen-bond acceptors (Lipinski definition) is 5. The van der Waals surface area contributed by atoms with Crippen molar-refractivity contribution in [1.82, 2.24) is 10.2 Å². The number of aliphatic hydroxyl groups excluding tert-OH is 1. The van der Waals surface area contributed by atoms with E-state index in [-0.39, 0.29) is 37.2 Å². The third kappa shape index (κ3) is 4.25. The summed E-state index contributed by atoms with van der Waals surface area (Å²) in [7, 11) is 1.60. The molecule has 2 aromatic rings. The zero-order valence-electron chi connectivity index (χ0n) is 17.3. The Labute approximate surface area is 180 Å². The van der Waals surface area contributed by atoms with E-state index in [4.69, 9.17) is 4.74 Å². The summed E-state index contributed by atoms with van der Waals surface area (Å²) in [6, 6.07) is 13.6. The summed E-state index contributed by atoms with van der Waals surface area (Å²) in [6.45, 7) is 0.328. The SMILES string of the molecule is COc1cccc(CCNC(=O)CN2C(=O)[C@H]3C[C@H](O)CN3C(=O)c3ccccc32)c1. The molecule has 8 nitrogen and oxygen atoms in total. The van der Waals surface area contributed by atoms with E-state index in [0.717, 1.165) is 11.3 Å². The number of nitrogens with one attached hydrogen (secondary N) is 1. The van der Waals surface area contributed by atoms with E-state index in [0.29, 0.717) is 24.2 Å². The first-order chi connectivity index (χ1) is 15.0. The van der Waals surface area contributed by atoms with Gasteiger partial charge in [-0.1, -0.05) is 24.3 Å². The second-order valence-corrected chi connectivity index (χ2v) is 7.76. The molecule has 0 spiro atoms. The van der Waals surface area contributed by atoms with Crippen molar-refractivity contribution in [2.24, 2.45) is 0 Å². The normalized spacial score (nSPS) is 20.2. The first kappa shape index (κ1) is 20.9. The highest BCUT2D eigenvalue weighted by Gasteiger charge is 2.45. The number of anilines is 1. The van der Waals surface area contributed by atoms with Crippen LogP contribution in [0.3, 0.4) is 0 Å². The minimum atomic E-state index is -0.764. The van der Waals surface area contributed by atoms with Crippen LogP contribution in [-0.2, 0) is 16.0 Å². The van der Waals surface area contributed by atoms with Gasteiger partial charge in [-0.3, -0.25) is 14.4 Å². The van der Waals surface area contributed by atoms with Gasteiger partial charge in [0, 0.05) is 19.5 Å².